The van der Waals surface area contributed by atoms with Crippen LogP contribution in [0.4, 0.5) is 10.6 Å². The Morgan fingerprint density at radius 3 is 2.83 bits per heavy atom. The predicted octanol–water partition coefficient (Wildman–Crippen LogP) is 3.13. The standard InChI is InChI=1S/C17H24N6O/c24-17(20-16-8-10-19-23(16)14-5-1-2-6-14)22-11-3-4-13(12-22)15-7-9-18-21-15/h7-10,13-14H,1-6,11-12H2,(H,18,21)(H,20,24). The van der Waals surface area contributed by atoms with Crippen LogP contribution in [0.1, 0.15) is 56.2 Å². The maximum absolute atomic E-state index is 12.7. The second-order valence-corrected chi connectivity index (χ2v) is 6.83. The zero-order valence-corrected chi connectivity index (χ0v) is 13.8. The highest BCUT2D eigenvalue weighted by Gasteiger charge is 2.27. The van der Waals surface area contributed by atoms with Gasteiger partial charge in [-0.05, 0) is 31.7 Å². The van der Waals surface area contributed by atoms with E-state index in [4.69, 9.17) is 0 Å². The molecule has 2 N–H and O–H groups in total. The fourth-order valence-electron chi connectivity index (χ4n) is 3.95. The topological polar surface area (TPSA) is 78.8 Å². The predicted molar refractivity (Wildman–Crippen MR) is 90.9 cm³/mol. The molecule has 2 aromatic heterocycles. The van der Waals surface area contributed by atoms with E-state index in [1.54, 1.807) is 12.4 Å². The summed E-state index contributed by atoms with van der Waals surface area (Å²) in [6, 6.07) is 4.29. The summed E-state index contributed by atoms with van der Waals surface area (Å²) in [5, 5.41) is 14.6. The van der Waals surface area contributed by atoms with E-state index in [2.05, 4.69) is 20.6 Å². The third kappa shape index (κ3) is 3.02. The maximum atomic E-state index is 12.7. The molecular weight excluding hydrogens is 304 g/mol. The molecule has 1 aliphatic heterocycles. The summed E-state index contributed by atoms with van der Waals surface area (Å²) >= 11 is 0. The molecule has 1 saturated carbocycles. The molecule has 1 aliphatic carbocycles. The lowest BCUT2D eigenvalue weighted by atomic mass is 9.95. The Labute approximate surface area is 141 Å². The number of H-pyrrole nitrogens is 1. The van der Waals surface area contributed by atoms with Crippen LogP contribution in [0.25, 0.3) is 0 Å². The normalized spacial score (nSPS) is 22.0. The Bertz CT molecular complexity index is 673. The van der Waals surface area contributed by atoms with Crippen LogP contribution >= 0.6 is 0 Å². The molecule has 0 aromatic carbocycles. The van der Waals surface area contributed by atoms with Crippen molar-refractivity contribution in [2.24, 2.45) is 0 Å². The molecule has 7 nitrogen and oxygen atoms in total. The number of aromatic amines is 1. The molecule has 0 spiro atoms. The third-order valence-corrected chi connectivity index (χ3v) is 5.25. The number of urea groups is 1. The molecule has 1 saturated heterocycles. The van der Waals surface area contributed by atoms with E-state index in [0.717, 1.165) is 50.3 Å². The second-order valence-electron chi connectivity index (χ2n) is 6.83. The molecule has 2 amide bonds. The summed E-state index contributed by atoms with van der Waals surface area (Å²) in [5.41, 5.74) is 1.11. The van der Waals surface area contributed by atoms with Crippen molar-refractivity contribution in [3.8, 4) is 0 Å². The van der Waals surface area contributed by atoms with Crippen LogP contribution in [0.15, 0.2) is 24.5 Å². The quantitative estimate of drug-likeness (QED) is 0.908. The number of likely N-dealkylation sites (tertiary alicyclic amines) is 1. The van der Waals surface area contributed by atoms with Gasteiger partial charge in [0.25, 0.3) is 0 Å². The summed E-state index contributed by atoms with van der Waals surface area (Å²) in [4.78, 5) is 14.6. The number of carbonyl (C=O) groups is 1. The van der Waals surface area contributed by atoms with Crippen LogP contribution in [-0.2, 0) is 0 Å². The molecule has 128 valence electrons. The molecule has 2 fully saturated rings. The van der Waals surface area contributed by atoms with Crippen molar-refractivity contribution in [1.82, 2.24) is 24.9 Å². The minimum Gasteiger partial charge on any atom is -0.324 e. The molecule has 0 radical (unpaired) electrons. The van der Waals surface area contributed by atoms with Gasteiger partial charge in [-0.3, -0.25) is 10.4 Å². The van der Waals surface area contributed by atoms with Crippen LogP contribution in [0.2, 0.25) is 0 Å². The average molecular weight is 328 g/mol. The van der Waals surface area contributed by atoms with Gasteiger partial charge in [0, 0.05) is 37.0 Å². The third-order valence-electron chi connectivity index (χ3n) is 5.25. The zero-order valence-electron chi connectivity index (χ0n) is 13.8. The van der Waals surface area contributed by atoms with Crippen molar-refractivity contribution in [2.45, 2.75) is 50.5 Å². The minimum absolute atomic E-state index is 0.0287. The van der Waals surface area contributed by atoms with Gasteiger partial charge in [-0.2, -0.15) is 10.2 Å². The Hall–Kier alpha value is -2.31. The molecule has 2 aromatic rings. The Morgan fingerprint density at radius 1 is 1.17 bits per heavy atom. The molecular formula is C17H24N6O. The first-order valence-electron chi connectivity index (χ1n) is 8.90. The lowest BCUT2D eigenvalue weighted by molar-refractivity contribution is 0.192. The molecule has 7 heteroatoms. The number of carbonyl (C=O) groups excluding carboxylic acids is 1. The van der Waals surface area contributed by atoms with Gasteiger partial charge in [0.05, 0.1) is 12.2 Å². The lowest BCUT2D eigenvalue weighted by Gasteiger charge is -2.32. The Kier molecular flexibility index (Phi) is 4.23. The first-order valence-corrected chi connectivity index (χ1v) is 8.90. The van der Waals surface area contributed by atoms with Crippen LogP contribution in [0, 0.1) is 0 Å². The van der Waals surface area contributed by atoms with E-state index in [0.29, 0.717) is 12.0 Å². The highest BCUT2D eigenvalue weighted by atomic mass is 16.2. The molecule has 24 heavy (non-hydrogen) atoms. The van der Waals surface area contributed by atoms with Crippen molar-refractivity contribution < 1.29 is 4.79 Å². The van der Waals surface area contributed by atoms with E-state index >= 15 is 0 Å². The summed E-state index contributed by atoms with van der Waals surface area (Å²) in [6.07, 6.45) is 10.4. The van der Waals surface area contributed by atoms with E-state index in [9.17, 15) is 4.79 Å². The van der Waals surface area contributed by atoms with E-state index in [1.165, 1.54) is 12.8 Å². The van der Waals surface area contributed by atoms with Crippen molar-refractivity contribution in [1.29, 1.82) is 0 Å². The van der Waals surface area contributed by atoms with Gasteiger partial charge < -0.3 is 4.90 Å². The molecule has 4 rings (SSSR count). The number of nitrogens with one attached hydrogen (secondary N) is 2. The van der Waals surface area contributed by atoms with Gasteiger partial charge in [0.15, 0.2) is 0 Å². The average Bonchev–Trinajstić information content (AvgIpc) is 3.36. The van der Waals surface area contributed by atoms with Gasteiger partial charge >= 0.3 is 6.03 Å². The van der Waals surface area contributed by atoms with Crippen LogP contribution in [0.5, 0.6) is 0 Å². The monoisotopic (exact) mass is 328 g/mol. The van der Waals surface area contributed by atoms with Crippen LogP contribution in [-0.4, -0.2) is 44.0 Å². The van der Waals surface area contributed by atoms with Crippen LogP contribution in [0.3, 0.4) is 0 Å². The fourth-order valence-corrected chi connectivity index (χ4v) is 3.95. The zero-order chi connectivity index (χ0) is 16.4. The maximum Gasteiger partial charge on any atom is 0.323 e. The van der Waals surface area contributed by atoms with Gasteiger partial charge in [0.1, 0.15) is 5.82 Å². The first-order chi connectivity index (χ1) is 11.8. The minimum atomic E-state index is -0.0287. The Morgan fingerprint density at radius 2 is 2.04 bits per heavy atom. The van der Waals surface area contributed by atoms with Crippen molar-refractivity contribution in [3.63, 3.8) is 0 Å². The number of hydrogen-bond donors (Lipinski definition) is 2. The summed E-state index contributed by atoms with van der Waals surface area (Å²) < 4.78 is 1.99. The van der Waals surface area contributed by atoms with Gasteiger partial charge in [0.2, 0.25) is 0 Å². The lowest BCUT2D eigenvalue weighted by Crippen LogP contribution is -2.42. The highest BCUT2D eigenvalue weighted by molar-refractivity contribution is 5.88. The SMILES string of the molecule is O=C(Nc1ccnn1C1CCCC1)N1CCCC(c2ccn[nH]2)C1. The molecule has 0 bridgehead atoms. The summed E-state index contributed by atoms with van der Waals surface area (Å²) in [7, 11) is 0. The van der Waals surface area contributed by atoms with Crippen molar-refractivity contribution >= 4 is 11.8 Å². The molecule has 1 atom stereocenters. The molecule has 2 aliphatic rings. The number of hydrogen-bond acceptors (Lipinski definition) is 3. The number of amides is 2. The van der Waals surface area contributed by atoms with E-state index < -0.39 is 0 Å². The second kappa shape index (κ2) is 6.67. The van der Waals surface area contributed by atoms with E-state index in [-0.39, 0.29) is 6.03 Å². The number of piperidine rings is 1. The van der Waals surface area contributed by atoms with Gasteiger partial charge in [-0.15, -0.1) is 0 Å². The summed E-state index contributed by atoms with van der Waals surface area (Å²) in [5.74, 6) is 1.15. The van der Waals surface area contributed by atoms with Crippen molar-refractivity contribution in [2.75, 3.05) is 18.4 Å². The smallest absolute Gasteiger partial charge is 0.323 e. The highest BCUT2D eigenvalue weighted by Crippen LogP contribution is 2.31. The molecule has 3 heterocycles. The van der Waals surface area contributed by atoms with Crippen LogP contribution < -0.4 is 5.32 Å². The van der Waals surface area contributed by atoms with Crippen molar-refractivity contribution in [3.05, 3.63) is 30.2 Å². The Balaban J connectivity index is 1.42. The first kappa shape index (κ1) is 15.2. The fraction of sp³-hybridized carbons (Fsp3) is 0.588. The summed E-state index contributed by atoms with van der Waals surface area (Å²) in [6.45, 7) is 1.53. The number of aromatic nitrogens is 4. The number of rotatable bonds is 3. The van der Waals surface area contributed by atoms with Gasteiger partial charge in [-0.25, -0.2) is 9.48 Å². The molecule has 1 unspecified atom stereocenters. The largest absolute Gasteiger partial charge is 0.324 e. The number of anilines is 1. The van der Waals surface area contributed by atoms with Gasteiger partial charge in [-0.1, -0.05) is 12.8 Å². The number of nitrogens with zero attached hydrogens (tertiary/aromatic N) is 4. The van der Waals surface area contributed by atoms with E-state index in [1.807, 2.05) is 21.7 Å².